The Bertz CT molecular complexity index is 462. The minimum Gasteiger partial charge on any atom is -0.406 e. The zero-order chi connectivity index (χ0) is 15.9. The molecule has 21 heavy (non-hydrogen) atoms. The molecule has 0 bridgehead atoms. The average molecular weight is 304 g/mol. The van der Waals surface area contributed by atoms with Crippen molar-refractivity contribution in [2.45, 2.75) is 38.6 Å². The molecule has 118 valence electrons. The lowest BCUT2D eigenvalue weighted by molar-refractivity contribution is -0.274. The summed E-state index contributed by atoms with van der Waals surface area (Å²) < 4.78 is 40.7. The monoisotopic (exact) mass is 304 g/mol. The minimum atomic E-state index is -4.74. The van der Waals surface area contributed by atoms with E-state index in [1.165, 1.54) is 18.2 Å². The summed E-state index contributed by atoms with van der Waals surface area (Å²) in [5.41, 5.74) is 5.89. The average Bonchev–Trinajstić information content (AvgIpc) is 2.35. The van der Waals surface area contributed by atoms with Gasteiger partial charge in [-0.05, 0) is 31.4 Å². The van der Waals surface area contributed by atoms with Crippen molar-refractivity contribution < 1.29 is 22.7 Å². The lowest BCUT2D eigenvalue weighted by Gasteiger charge is -2.13. The number of benzene rings is 1. The Morgan fingerprint density at radius 1 is 1.38 bits per heavy atom. The number of ether oxygens (including phenoxy) is 1. The maximum atomic E-state index is 12.2. The highest BCUT2D eigenvalue weighted by Gasteiger charge is 2.31. The van der Waals surface area contributed by atoms with Gasteiger partial charge in [-0.15, -0.1) is 13.2 Å². The summed E-state index contributed by atoms with van der Waals surface area (Å²) in [5, 5.41) is 2.67. The van der Waals surface area contributed by atoms with Crippen LogP contribution < -0.4 is 15.8 Å². The fourth-order valence-corrected chi connectivity index (χ4v) is 1.71. The zero-order valence-corrected chi connectivity index (χ0v) is 11.7. The van der Waals surface area contributed by atoms with Crippen LogP contribution in [0.2, 0.25) is 0 Å². The van der Waals surface area contributed by atoms with Crippen LogP contribution in [0.1, 0.15) is 25.3 Å². The number of aryl methyl sites for hydroxylation is 1. The van der Waals surface area contributed by atoms with Crippen molar-refractivity contribution in [2.24, 2.45) is 5.73 Å². The molecule has 0 aliphatic rings. The van der Waals surface area contributed by atoms with Gasteiger partial charge < -0.3 is 15.8 Å². The molecule has 0 aliphatic carbocycles. The summed E-state index contributed by atoms with van der Waals surface area (Å²) in [6, 6.07) is 5.79. The van der Waals surface area contributed by atoms with Gasteiger partial charge in [-0.1, -0.05) is 18.2 Å². The number of rotatable bonds is 7. The maximum absolute atomic E-state index is 12.2. The number of hydrogen-bond donors (Lipinski definition) is 2. The minimum absolute atomic E-state index is 0.00814. The predicted molar refractivity (Wildman–Crippen MR) is 72.7 cm³/mol. The Hall–Kier alpha value is -1.76. The van der Waals surface area contributed by atoms with Crippen molar-refractivity contribution in [2.75, 3.05) is 6.54 Å². The van der Waals surface area contributed by atoms with Gasteiger partial charge >= 0.3 is 6.36 Å². The highest BCUT2D eigenvalue weighted by Crippen LogP contribution is 2.26. The molecular formula is C14H19F3N2O2. The molecule has 0 radical (unpaired) electrons. The number of alkyl halides is 3. The number of halogens is 3. The number of carbonyl (C=O) groups excluding carboxylic acids is 1. The first kappa shape index (κ1) is 17.3. The fourth-order valence-electron chi connectivity index (χ4n) is 1.71. The van der Waals surface area contributed by atoms with Gasteiger partial charge in [0.05, 0.1) is 0 Å². The van der Waals surface area contributed by atoms with Crippen LogP contribution in [0.25, 0.3) is 0 Å². The molecule has 0 aliphatic heterocycles. The van der Waals surface area contributed by atoms with Crippen LogP contribution in [-0.2, 0) is 11.2 Å². The van der Waals surface area contributed by atoms with E-state index in [1.807, 2.05) is 6.92 Å². The summed E-state index contributed by atoms with van der Waals surface area (Å²) in [6.07, 6.45) is -3.82. The van der Waals surface area contributed by atoms with Crippen LogP contribution in [-0.4, -0.2) is 24.9 Å². The third-order valence-electron chi connectivity index (χ3n) is 2.74. The second kappa shape index (κ2) is 7.87. The van der Waals surface area contributed by atoms with Crippen LogP contribution >= 0.6 is 0 Å². The van der Waals surface area contributed by atoms with Crippen molar-refractivity contribution >= 4 is 5.91 Å². The van der Waals surface area contributed by atoms with E-state index >= 15 is 0 Å². The number of hydrogen-bond acceptors (Lipinski definition) is 3. The van der Waals surface area contributed by atoms with Gasteiger partial charge in [-0.3, -0.25) is 4.79 Å². The number of nitrogens with two attached hydrogens (primary N) is 1. The molecule has 1 rings (SSSR count). The van der Waals surface area contributed by atoms with Crippen LogP contribution in [0.3, 0.4) is 0 Å². The topological polar surface area (TPSA) is 64.3 Å². The number of amides is 1. The van der Waals surface area contributed by atoms with Crippen molar-refractivity contribution in [3.8, 4) is 5.75 Å². The normalized spacial score (nSPS) is 12.8. The second-order valence-corrected chi connectivity index (χ2v) is 4.77. The highest BCUT2D eigenvalue weighted by atomic mass is 19.4. The first-order valence-corrected chi connectivity index (χ1v) is 6.64. The number of para-hydroxylation sites is 1. The van der Waals surface area contributed by atoms with E-state index in [1.54, 1.807) is 6.07 Å². The Kier molecular flexibility index (Phi) is 6.48. The maximum Gasteiger partial charge on any atom is 0.573 e. The molecule has 4 nitrogen and oxygen atoms in total. The lowest BCUT2D eigenvalue weighted by Crippen LogP contribution is -2.29. The van der Waals surface area contributed by atoms with Gasteiger partial charge in [-0.25, -0.2) is 0 Å². The smallest absolute Gasteiger partial charge is 0.406 e. The van der Waals surface area contributed by atoms with E-state index in [0.717, 1.165) is 0 Å². The van der Waals surface area contributed by atoms with Crippen molar-refractivity contribution in [3.05, 3.63) is 29.8 Å². The first-order valence-electron chi connectivity index (χ1n) is 6.64. The number of carbonyl (C=O) groups is 1. The molecule has 1 unspecified atom stereocenters. The predicted octanol–water partition coefficient (Wildman–Crippen LogP) is 2.37. The Morgan fingerprint density at radius 2 is 2.05 bits per heavy atom. The van der Waals surface area contributed by atoms with E-state index in [-0.39, 0.29) is 30.5 Å². The SMILES string of the molecule is CC(N)CCNC(=O)CCc1ccccc1OC(F)(F)F. The zero-order valence-electron chi connectivity index (χ0n) is 11.7. The van der Waals surface area contributed by atoms with E-state index in [9.17, 15) is 18.0 Å². The lowest BCUT2D eigenvalue weighted by atomic mass is 10.1. The molecule has 0 saturated carbocycles. The van der Waals surface area contributed by atoms with Crippen molar-refractivity contribution in [1.29, 1.82) is 0 Å². The van der Waals surface area contributed by atoms with Gasteiger partial charge in [0.25, 0.3) is 0 Å². The molecule has 0 saturated heterocycles. The Balaban J connectivity index is 2.49. The third-order valence-corrected chi connectivity index (χ3v) is 2.74. The van der Waals surface area contributed by atoms with E-state index in [2.05, 4.69) is 10.1 Å². The Morgan fingerprint density at radius 3 is 2.67 bits per heavy atom. The second-order valence-electron chi connectivity index (χ2n) is 4.77. The molecular weight excluding hydrogens is 285 g/mol. The largest absolute Gasteiger partial charge is 0.573 e. The molecule has 0 spiro atoms. The van der Waals surface area contributed by atoms with Gasteiger partial charge in [0.15, 0.2) is 0 Å². The number of nitrogens with one attached hydrogen (secondary N) is 1. The van der Waals surface area contributed by atoms with Crippen molar-refractivity contribution in [3.63, 3.8) is 0 Å². The Labute approximate surface area is 121 Å². The molecule has 1 atom stereocenters. The van der Waals surface area contributed by atoms with Crippen LogP contribution in [0.5, 0.6) is 5.75 Å². The molecule has 1 aromatic rings. The summed E-state index contributed by atoms with van der Waals surface area (Å²) in [7, 11) is 0. The van der Waals surface area contributed by atoms with Gasteiger partial charge in [0.2, 0.25) is 5.91 Å². The molecule has 1 aromatic carbocycles. The highest BCUT2D eigenvalue weighted by molar-refractivity contribution is 5.76. The summed E-state index contributed by atoms with van der Waals surface area (Å²) >= 11 is 0. The standard InChI is InChI=1S/C14H19F3N2O2/c1-10(18)8-9-19-13(20)7-6-11-4-2-3-5-12(11)21-14(15,16)17/h2-5,10H,6-9,18H2,1H3,(H,19,20). The molecule has 0 fully saturated rings. The summed E-state index contributed by atoms with van der Waals surface area (Å²) in [5.74, 6) is -0.495. The van der Waals surface area contributed by atoms with Gasteiger partial charge in [0, 0.05) is 19.0 Å². The quantitative estimate of drug-likeness (QED) is 0.813. The molecule has 0 aromatic heterocycles. The van der Waals surface area contributed by atoms with Crippen molar-refractivity contribution in [1.82, 2.24) is 5.32 Å². The van der Waals surface area contributed by atoms with E-state index < -0.39 is 6.36 Å². The molecule has 0 heterocycles. The van der Waals surface area contributed by atoms with Crippen LogP contribution in [0.15, 0.2) is 24.3 Å². The summed E-state index contributed by atoms with van der Waals surface area (Å²) in [4.78, 5) is 11.6. The summed E-state index contributed by atoms with van der Waals surface area (Å²) in [6.45, 7) is 2.29. The third kappa shape index (κ3) is 7.55. The molecule has 3 N–H and O–H groups in total. The van der Waals surface area contributed by atoms with Crippen LogP contribution in [0, 0.1) is 0 Å². The van der Waals surface area contributed by atoms with Gasteiger partial charge in [-0.2, -0.15) is 0 Å². The molecule has 1 amide bonds. The van der Waals surface area contributed by atoms with Gasteiger partial charge in [0.1, 0.15) is 5.75 Å². The van der Waals surface area contributed by atoms with E-state index in [4.69, 9.17) is 5.73 Å². The van der Waals surface area contributed by atoms with E-state index in [0.29, 0.717) is 18.5 Å². The molecule has 7 heteroatoms. The first-order chi connectivity index (χ1) is 9.78. The van der Waals surface area contributed by atoms with Crippen LogP contribution in [0.4, 0.5) is 13.2 Å². The fraction of sp³-hybridized carbons (Fsp3) is 0.500.